The highest BCUT2D eigenvalue weighted by molar-refractivity contribution is 5.77. The molecule has 0 aromatic carbocycles. The van der Waals surface area contributed by atoms with Crippen molar-refractivity contribution in [2.75, 3.05) is 38.5 Å². The van der Waals surface area contributed by atoms with Gasteiger partial charge in [-0.15, -0.1) is 0 Å². The number of amides is 1. The van der Waals surface area contributed by atoms with Crippen molar-refractivity contribution in [2.24, 2.45) is 0 Å². The maximum absolute atomic E-state index is 12.7. The lowest BCUT2D eigenvalue weighted by atomic mass is 10.1. The minimum absolute atomic E-state index is 0.0856. The Morgan fingerprint density at radius 2 is 1.96 bits per heavy atom. The molecule has 0 aliphatic carbocycles. The first-order valence-corrected chi connectivity index (χ1v) is 9.29. The molecule has 1 amide bonds. The first-order valence-electron chi connectivity index (χ1n) is 9.29. The summed E-state index contributed by atoms with van der Waals surface area (Å²) >= 11 is 0. The predicted octanol–water partition coefficient (Wildman–Crippen LogP) is 2.45. The average Bonchev–Trinajstić information content (AvgIpc) is 2.97. The molecule has 2 aliphatic rings. The molecule has 1 aromatic rings. The average molecular weight is 331 g/mol. The normalized spacial score (nSPS) is 22.4. The van der Waals surface area contributed by atoms with E-state index in [4.69, 9.17) is 0 Å². The van der Waals surface area contributed by atoms with Crippen LogP contribution in [0.3, 0.4) is 0 Å². The third-order valence-electron chi connectivity index (χ3n) is 5.16. The molecule has 132 valence electrons. The van der Waals surface area contributed by atoms with Crippen molar-refractivity contribution in [1.29, 1.82) is 0 Å². The molecule has 1 N–H and O–H groups in total. The topological polar surface area (TPSA) is 61.4 Å². The number of nitrogens with one attached hydrogen (secondary N) is 1. The van der Waals surface area contributed by atoms with Gasteiger partial charge in [0.05, 0.1) is 24.1 Å². The van der Waals surface area contributed by atoms with Gasteiger partial charge in [-0.3, -0.25) is 9.78 Å². The Morgan fingerprint density at radius 1 is 1.17 bits per heavy atom. The van der Waals surface area contributed by atoms with Gasteiger partial charge in [0, 0.05) is 26.6 Å². The molecule has 6 heteroatoms. The van der Waals surface area contributed by atoms with Gasteiger partial charge in [0.15, 0.2) is 0 Å². The lowest BCUT2D eigenvalue weighted by Gasteiger charge is -2.26. The van der Waals surface area contributed by atoms with Gasteiger partial charge in [0.2, 0.25) is 5.91 Å². The van der Waals surface area contributed by atoms with Crippen molar-refractivity contribution < 1.29 is 4.79 Å². The molecule has 24 heavy (non-hydrogen) atoms. The first kappa shape index (κ1) is 17.1. The molecule has 1 atom stereocenters. The summed E-state index contributed by atoms with van der Waals surface area (Å²) in [4.78, 5) is 26.1. The zero-order chi connectivity index (χ0) is 16.8. The van der Waals surface area contributed by atoms with Gasteiger partial charge < -0.3 is 15.1 Å². The molecule has 0 saturated carbocycles. The van der Waals surface area contributed by atoms with Gasteiger partial charge in [-0.25, -0.2) is 4.98 Å². The van der Waals surface area contributed by atoms with Crippen molar-refractivity contribution in [3.8, 4) is 0 Å². The SMILES string of the molecule is CNc1cncc([C@@H]2CCCN2C(=O)CCN2CCCCCC2)n1. The largest absolute Gasteiger partial charge is 0.372 e. The zero-order valence-electron chi connectivity index (χ0n) is 14.7. The summed E-state index contributed by atoms with van der Waals surface area (Å²) in [6.07, 6.45) is 11.4. The summed E-state index contributed by atoms with van der Waals surface area (Å²) in [6.45, 7) is 4.03. The van der Waals surface area contributed by atoms with E-state index in [1.54, 1.807) is 12.4 Å². The van der Waals surface area contributed by atoms with Gasteiger partial charge in [-0.2, -0.15) is 0 Å². The van der Waals surface area contributed by atoms with Gasteiger partial charge in [0.25, 0.3) is 0 Å². The maximum Gasteiger partial charge on any atom is 0.224 e. The number of carbonyl (C=O) groups is 1. The van der Waals surface area contributed by atoms with E-state index in [2.05, 4.69) is 20.2 Å². The fourth-order valence-electron chi connectivity index (χ4n) is 3.79. The first-order chi connectivity index (χ1) is 11.8. The summed E-state index contributed by atoms with van der Waals surface area (Å²) in [5, 5.41) is 3.03. The molecule has 0 bridgehead atoms. The van der Waals surface area contributed by atoms with E-state index >= 15 is 0 Å². The van der Waals surface area contributed by atoms with Crippen LogP contribution in [0.25, 0.3) is 0 Å². The number of likely N-dealkylation sites (tertiary alicyclic amines) is 2. The van der Waals surface area contributed by atoms with Gasteiger partial charge in [0.1, 0.15) is 5.82 Å². The molecular formula is C18H29N5O. The highest BCUT2D eigenvalue weighted by Crippen LogP contribution is 2.31. The molecule has 3 rings (SSSR count). The van der Waals surface area contributed by atoms with Crippen LogP contribution in [0.1, 0.15) is 56.7 Å². The molecule has 0 unspecified atom stereocenters. The van der Waals surface area contributed by atoms with E-state index in [1.165, 1.54) is 25.7 Å². The summed E-state index contributed by atoms with van der Waals surface area (Å²) in [5.41, 5.74) is 0.905. The van der Waals surface area contributed by atoms with Gasteiger partial charge in [-0.1, -0.05) is 12.8 Å². The van der Waals surface area contributed by atoms with Crippen LogP contribution < -0.4 is 5.32 Å². The second-order valence-electron chi connectivity index (χ2n) is 6.83. The third kappa shape index (κ3) is 4.23. The highest BCUT2D eigenvalue weighted by Gasteiger charge is 2.31. The van der Waals surface area contributed by atoms with E-state index in [0.717, 1.165) is 50.5 Å². The predicted molar refractivity (Wildman–Crippen MR) is 94.8 cm³/mol. The number of aromatic nitrogens is 2. The van der Waals surface area contributed by atoms with Crippen molar-refractivity contribution in [3.63, 3.8) is 0 Å². The van der Waals surface area contributed by atoms with Crippen LogP contribution in [-0.4, -0.2) is 58.9 Å². The van der Waals surface area contributed by atoms with E-state index in [9.17, 15) is 4.79 Å². The van der Waals surface area contributed by atoms with E-state index in [0.29, 0.717) is 6.42 Å². The number of hydrogen-bond donors (Lipinski definition) is 1. The highest BCUT2D eigenvalue weighted by atomic mass is 16.2. The van der Waals surface area contributed by atoms with Crippen LogP contribution in [0.2, 0.25) is 0 Å². The molecule has 6 nitrogen and oxygen atoms in total. The van der Waals surface area contributed by atoms with E-state index in [-0.39, 0.29) is 11.9 Å². The van der Waals surface area contributed by atoms with Gasteiger partial charge in [-0.05, 0) is 38.8 Å². The van der Waals surface area contributed by atoms with Crippen LogP contribution in [-0.2, 0) is 4.79 Å². The van der Waals surface area contributed by atoms with Crippen molar-refractivity contribution >= 4 is 11.7 Å². The fraction of sp³-hybridized carbons (Fsp3) is 0.722. The lowest BCUT2D eigenvalue weighted by molar-refractivity contribution is -0.132. The van der Waals surface area contributed by atoms with Crippen molar-refractivity contribution in [3.05, 3.63) is 18.1 Å². The smallest absolute Gasteiger partial charge is 0.224 e. The molecule has 2 aliphatic heterocycles. The molecular weight excluding hydrogens is 302 g/mol. The Morgan fingerprint density at radius 3 is 2.71 bits per heavy atom. The minimum Gasteiger partial charge on any atom is -0.372 e. The Kier molecular flexibility index (Phi) is 6.01. The summed E-state index contributed by atoms with van der Waals surface area (Å²) in [5.74, 6) is 1.02. The summed E-state index contributed by atoms with van der Waals surface area (Å²) < 4.78 is 0. The lowest BCUT2D eigenvalue weighted by Crippen LogP contribution is -2.35. The Labute approximate surface area is 144 Å². The number of carbonyl (C=O) groups excluding carboxylic acids is 1. The fourth-order valence-corrected chi connectivity index (χ4v) is 3.79. The van der Waals surface area contributed by atoms with Crippen LogP contribution in [0.5, 0.6) is 0 Å². The Hall–Kier alpha value is -1.69. The number of rotatable bonds is 5. The van der Waals surface area contributed by atoms with Crippen LogP contribution in [0.4, 0.5) is 5.82 Å². The molecule has 1 aromatic heterocycles. The standard InChI is InChI=1S/C18H29N5O/c1-19-17-14-20-13-15(21-17)16-7-6-11-23(16)18(24)8-12-22-9-4-2-3-5-10-22/h13-14,16H,2-12H2,1H3,(H,19,21)/t16-/m0/s1. The Balaban J connectivity index is 1.58. The maximum atomic E-state index is 12.7. The quantitative estimate of drug-likeness (QED) is 0.898. The molecule has 3 heterocycles. The third-order valence-corrected chi connectivity index (χ3v) is 5.16. The second kappa shape index (κ2) is 8.42. The minimum atomic E-state index is 0.0856. The monoisotopic (exact) mass is 331 g/mol. The van der Waals surface area contributed by atoms with Gasteiger partial charge >= 0.3 is 0 Å². The molecule has 2 saturated heterocycles. The molecule has 0 radical (unpaired) electrons. The summed E-state index contributed by atoms with van der Waals surface area (Å²) in [6, 6.07) is 0.0856. The van der Waals surface area contributed by atoms with Crippen molar-refractivity contribution in [1.82, 2.24) is 19.8 Å². The number of anilines is 1. The van der Waals surface area contributed by atoms with Crippen molar-refractivity contribution in [2.45, 2.75) is 51.0 Å². The van der Waals surface area contributed by atoms with Crippen LogP contribution in [0, 0.1) is 0 Å². The molecule has 0 spiro atoms. The van der Waals surface area contributed by atoms with Crippen LogP contribution >= 0.6 is 0 Å². The number of hydrogen-bond acceptors (Lipinski definition) is 5. The molecule has 2 fully saturated rings. The van der Waals surface area contributed by atoms with Crippen LogP contribution in [0.15, 0.2) is 12.4 Å². The zero-order valence-corrected chi connectivity index (χ0v) is 14.7. The second-order valence-corrected chi connectivity index (χ2v) is 6.83. The Bertz CT molecular complexity index is 542. The van der Waals surface area contributed by atoms with E-state index in [1.807, 2.05) is 11.9 Å². The summed E-state index contributed by atoms with van der Waals surface area (Å²) in [7, 11) is 1.84. The van der Waals surface area contributed by atoms with E-state index < -0.39 is 0 Å². The number of nitrogens with zero attached hydrogens (tertiary/aromatic N) is 4.